The van der Waals surface area contributed by atoms with Gasteiger partial charge >= 0.3 is 11.9 Å². The minimum atomic E-state index is -0.900. The largest absolute Gasteiger partial charge is 0.481 e. The lowest BCUT2D eigenvalue weighted by Crippen LogP contribution is -2.21. The minimum Gasteiger partial charge on any atom is -0.481 e. The molecule has 0 bridgehead atoms. The molecule has 0 saturated carbocycles. The van der Waals surface area contributed by atoms with Crippen LogP contribution in [0, 0.1) is 0 Å². The van der Waals surface area contributed by atoms with Gasteiger partial charge in [0.15, 0.2) is 0 Å². The van der Waals surface area contributed by atoms with E-state index in [9.17, 15) is 9.59 Å². The number of hydrogen-bond acceptors (Lipinski definition) is 3. The van der Waals surface area contributed by atoms with Gasteiger partial charge in [-0.3, -0.25) is 9.59 Å². The second kappa shape index (κ2) is 27.5. The summed E-state index contributed by atoms with van der Waals surface area (Å²) in [4.78, 5) is 23.3. The Morgan fingerprint density at radius 1 is 0.667 bits per heavy atom. The van der Waals surface area contributed by atoms with Crippen molar-refractivity contribution in [1.29, 1.82) is 0 Å². The smallest absolute Gasteiger partial charge is 0.307 e. The SMILES string of the molecule is CC/C=C\C/C=C\C/C=C\C/C=C\CCCCC(=O)OC(CCCCCCCCCCC)CC(=O)O. The highest BCUT2D eigenvalue weighted by atomic mass is 16.5. The molecule has 0 aromatic rings. The molecule has 0 aromatic carbocycles. The van der Waals surface area contributed by atoms with E-state index in [-0.39, 0.29) is 12.4 Å². The fourth-order valence-corrected chi connectivity index (χ4v) is 3.95. The first kappa shape index (κ1) is 33.9. The lowest BCUT2D eigenvalue weighted by atomic mass is 10.0. The van der Waals surface area contributed by atoms with Crippen molar-refractivity contribution in [2.45, 2.75) is 142 Å². The molecule has 0 fully saturated rings. The topological polar surface area (TPSA) is 63.6 Å². The summed E-state index contributed by atoms with van der Waals surface area (Å²) < 4.78 is 5.50. The highest BCUT2D eigenvalue weighted by molar-refractivity contribution is 5.71. The van der Waals surface area contributed by atoms with Crippen LogP contribution in [0.25, 0.3) is 0 Å². The number of carbonyl (C=O) groups is 2. The molecular formula is C32H54O4. The summed E-state index contributed by atoms with van der Waals surface area (Å²) in [6.45, 7) is 4.37. The molecule has 0 rings (SSSR count). The molecule has 0 aromatic heterocycles. The van der Waals surface area contributed by atoms with E-state index in [2.05, 4.69) is 62.5 Å². The van der Waals surface area contributed by atoms with E-state index in [4.69, 9.17) is 9.84 Å². The molecule has 4 heteroatoms. The highest BCUT2D eigenvalue weighted by Crippen LogP contribution is 2.15. The summed E-state index contributed by atoms with van der Waals surface area (Å²) in [5.41, 5.74) is 0. The average molecular weight is 503 g/mol. The Kier molecular flexibility index (Phi) is 25.9. The number of ether oxygens (including phenoxy) is 1. The fourth-order valence-electron chi connectivity index (χ4n) is 3.95. The highest BCUT2D eigenvalue weighted by Gasteiger charge is 2.17. The lowest BCUT2D eigenvalue weighted by molar-refractivity contribution is -0.153. The Bertz CT molecular complexity index is 630. The van der Waals surface area contributed by atoms with E-state index in [1.54, 1.807) is 0 Å². The first-order chi connectivity index (χ1) is 17.6. The zero-order chi connectivity index (χ0) is 26.5. The van der Waals surface area contributed by atoms with Crippen molar-refractivity contribution in [2.75, 3.05) is 0 Å². The molecule has 206 valence electrons. The van der Waals surface area contributed by atoms with Crippen molar-refractivity contribution >= 4 is 11.9 Å². The van der Waals surface area contributed by atoms with Gasteiger partial charge in [0, 0.05) is 6.42 Å². The summed E-state index contributed by atoms with van der Waals surface area (Å²) in [6, 6.07) is 0. The molecule has 1 atom stereocenters. The van der Waals surface area contributed by atoms with E-state index in [0.717, 1.165) is 57.8 Å². The first-order valence-electron chi connectivity index (χ1n) is 14.6. The number of hydrogen-bond donors (Lipinski definition) is 1. The number of carboxylic acids is 1. The number of rotatable bonds is 25. The maximum absolute atomic E-state index is 12.2. The molecule has 0 amide bonds. The third-order valence-electron chi connectivity index (χ3n) is 6.05. The van der Waals surface area contributed by atoms with Gasteiger partial charge in [0.2, 0.25) is 0 Å². The van der Waals surface area contributed by atoms with Crippen molar-refractivity contribution in [1.82, 2.24) is 0 Å². The molecule has 0 aliphatic heterocycles. The quantitative estimate of drug-likeness (QED) is 0.0766. The van der Waals surface area contributed by atoms with Crippen LogP contribution >= 0.6 is 0 Å². The van der Waals surface area contributed by atoms with Crippen molar-refractivity contribution in [2.24, 2.45) is 0 Å². The third-order valence-corrected chi connectivity index (χ3v) is 6.05. The minimum absolute atomic E-state index is 0.0925. The van der Waals surface area contributed by atoms with E-state index < -0.39 is 12.1 Å². The van der Waals surface area contributed by atoms with Crippen molar-refractivity contribution in [3.63, 3.8) is 0 Å². The van der Waals surface area contributed by atoms with E-state index >= 15 is 0 Å². The molecule has 0 spiro atoms. The monoisotopic (exact) mass is 502 g/mol. The molecule has 0 saturated heterocycles. The van der Waals surface area contributed by atoms with Crippen LogP contribution in [0.15, 0.2) is 48.6 Å². The van der Waals surface area contributed by atoms with Gasteiger partial charge in [-0.2, -0.15) is 0 Å². The molecular weight excluding hydrogens is 448 g/mol. The molecule has 0 heterocycles. The first-order valence-corrected chi connectivity index (χ1v) is 14.6. The Morgan fingerprint density at radius 2 is 1.19 bits per heavy atom. The zero-order valence-electron chi connectivity index (χ0n) is 23.3. The van der Waals surface area contributed by atoms with Gasteiger partial charge < -0.3 is 9.84 Å². The van der Waals surface area contributed by atoms with Gasteiger partial charge in [0.1, 0.15) is 6.10 Å². The predicted octanol–water partition coefficient (Wildman–Crippen LogP) is 9.66. The van der Waals surface area contributed by atoms with Gasteiger partial charge in [-0.25, -0.2) is 0 Å². The maximum Gasteiger partial charge on any atom is 0.307 e. The summed E-state index contributed by atoms with van der Waals surface area (Å²) in [6.07, 6.45) is 35.5. The van der Waals surface area contributed by atoms with Gasteiger partial charge in [-0.15, -0.1) is 0 Å². The van der Waals surface area contributed by atoms with E-state index in [1.807, 2.05) is 0 Å². The average Bonchev–Trinajstić information content (AvgIpc) is 2.85. The summed E-state index contributed by atoms with van der Waals surface area (Å²) >= 11 is 0. The third kappa shape index (κ3) is 26.5. The Morgan fingerprint density at radius 3 is 1.75 bits per heavy atom. The Balaban J connectivity index is 3.85. The fraction of sp³-hybridized carbons (Fsp3) is 0.688. The van der Waals surface area contributed by atoms with Gasteiger partial charge in [-0.1, -0.05) is 114 Å². The van der Waals surface area contributed by atoms with Crippen LogP contribution in [0.1, 0.15) is 136 Å². The Hall–Kier alpha value is -2.10. The number of unbranched alkanes of at least 4 members (excludes halogenated alkanes) is 10. The normalized spacial score (nSPS) is 12.9. The number of carboxylic acid groups (broad SMARTS) is 1. The second-order valence-corrected chi connectivity index (χ2v) is 9.57. The molecule has 0 radical (unpaired) electrons. The van der Waals surface area contributed by atoms with Crippen LogP contribution in [0.4, 0.5) is 0 Å². The molecule has 0 aliphatic rings. The van der Waals surface area contributed by atoms with E-state index in [0.29, 0.717) is 12.8 Å². The second-order valence-electron chi connectivity index (χ2n) is 9.57. The number of aliphatic carboxylic acids is 1. The Labute approximate surface area is 222 Å². The van der Waals surface area contributed by atoms with Crippen LogP contribution in [0.3, 0.4) is 0 Å². The van der Waals surface area contributed by atoms with Crippen molar-refractivity contribution < 1.29 is 19.4 Å². The van der Waals surface area contributed by atoms with Crippen LogP contribution < -0.4 is 0 Å². The standard InChI is InChI=1S/C32H54O4/c1-3-5-7-9-11-13-14-15-16-17-18-20-22-24-26-28-32(35)36-30(29-31(33)34)27-25-23-21-19-12-10-8-6-4-2/h5,7,11,13,15-16,18,20,30H,3-4,6,8-10,12,14,17,19,21-29H2,1-2H3,(H,33,34)/b7-5-,13-11-,16-15-,20-18-. The number of esters is 1. The molecule has 36 heavy (non-hydrogen) atoms. The number of allylic oxidation sites excluding steroid dienone is 8. The van der Waals surface area contributed by atoms with Crippen molar-refractivity contribution in [3.8, 4) is 0 Å². The summed E-state index contributed by atoms with van der Waals surface area (Å²) in [5, 5.41) is 9.15. The molecule has 0 aliphatic carbocycles. The predicted molar refractivity (Wildman–Crippen MR) is 153 cm³/mol. The van der Waals surface area contributed by atoms with Crippen LogP contribution in [-0.4, -0.2) is 23.1 Å². The van der Waals surface area contributed by atoms with Gasteiger partial charge in [-0.05, 0) is 57.8 Å². The van der Waals surface area contributed by atoms with Crippen molar-refractivity contribution in [3.05, 3.63) is 48.6 Å². The zero-order valence-corrected chi connectivity index (χ0v) is 23.3. The summed E-state index contributed by atoms with van der Waals surface area (Å²) in [5.74, 6) is -1.16. The van der Waals surface area contributed by atoms with Crippen LogP contribution in [0.2, 0.25) is 0 Å². The van der Waals surface area contributed by atoms with Gasteiger partial charge in [0.25, 0.3) is 0 Å². The number of carbonyl (C=O) groups excluding carboxylic acids is 1. The van der Waals surface area contributed by atoms with Crippen LogP contribution in [-0.2, 0) is 14.3 Å². The lowest BCUT2D eigenvalue weighted by Gasteiger charge is -2.16. The van der Waals surface area contributed by atoms with Gasteiger partial charge in [0.05, 0.1) is 6.42 Å². The molecule has 4 nitrogen and oxygen atoms in total. The maximum atomic E-state index is 12.2. The molecule has 1 N–H and O–H groups in total. The van der Waals surface area contributed by atoms with Crippen LogP contribution in [0.5, 0.6) is 0 Å². The van der Waals surface area contributed by atoms with E-state index in [1.165, 1.54) is 44.9 Å². The molecule has 1 unspecified atom stereocenters. The summed E-state index contributed by atoms with van der Waals surface area (Å²) in [7, 11) is 0.